The monoisotopic (exact) mass is 316 g/mol. The van der Waals surface area contributed by atoms with Crippen molar-refractivity contribution >= 4 is 33.4 Å². The Kier molecular flexibility index (Phi) is 5.79. The highest BCUT2D eigenvalue weighted by atomic mass is 79.9. The molecule has 1 atom stereocenters. The molecule has 0 radical (unpaired) electrons. The lowest BCUT2D eigenvalue weighted by atomic mass is 10.2. The van der Waals surface area contributed by atoms with Gasteiger partial charge < -0.3 is 5.32 Å². The van der Waals surface area contributed by atoms with Crippen molar-refractivity contribution in [3.63, 3.8) is 0 Å². The number of halogens is 2. The van der Waals surface area contributed by atoms with Crippen LogP contribution in [0.15, 0.2) is 16.6 Å². The molecular formula is C12H14BrFN2S. The molecule has 0 aliphatic carbocycles. The van der Waals surface area contributed by atoms with Gasteiger partial charge in [0.15, 0.2) is 5.82 Å². The number of rotatable bonds is 5. The van der Waals surface area contributed by atoms with Gasteiger partial charge in [0.1, 0.15) is 6.07 Å². The summed E-state index contributed by atoms with van der Waals surface area (Å²) in [7, 11) is 0. The number of nitriles is 1. The van der Waals surface area contributed by atoms with Gasteiger partial charge in [-0.3, -0.25) is 0 Å². The number of nitrogens with one attached hydrogen (secondary N) is 1. The second kappa shape index (κ2) is 6.87. The maximum Gasteiger partial charge on any atom is 0.161 e. The van der Waals surface area contributed by atoms with E-state index >= 15 is 0 Å². The van der Waals surface area contributed by atoms with Crippen LogP contribution in [-0.4, -0.2) is 17.5 Å². The van der Waals surface area contributed by atoms with Gasteiger partial charge >= 0.3 is 0 Å². The third-order valence-electron chi connectivity index (χ3n) is 2.18. The second-order valence-corrected chi connectivity index (χ2v) is 5.72. The van der Waals surface area contributed by atoms with E-state index in [0.29, 0.717) is 11.3 Å². The minimum atomic E-state index is -0.405. The van der Waals surface area contributed by atoms with Gasteiger partial charge in [-0.25, -0.2) is 4.39 Å². The van der Waals surface area contributed by atoms with Crippen LogP contribution in [0.2, 0.25) is 0 Å². The molecule has 0 heterocycles. The van der Waals surface area contributed by atoms with E-state index in [1.807, 2.05) is 13.0 Å². The molecule has 0 aliphatic rings. The van der Waals surface area contributed by atoms with Gasteiger partial charge in [0, 0.05) is 11.8 Å². The molecule has 5 heteroatoms. The van der Waals surface area contributed by atoms with E-state index in [0.717, 1.165) is 11.5 Å². The standard InChI is InChI=1S/C12H14BrFN2S/c1-3-17-7-8(2)16-10-5-4-9(6-15)11(13)12(10)14/h4-5,8,16H,3,7H2,1-2H3. The van der Waals surface area contributed by atoms with Crippen LogP contribution in [0.25, 0.3) is 0 Å². The summed E-state index contributed by atoms with van der Waals surface area (Å²) >= 11 is 4.90. The van der Waals surface area contributed by atoms with Crippen molar-refractivity contribution in [2.24, 2.45) is 0 Å². The number of thioether (sulfide) groups is 1. The van der Waals surface area contributed by atoms with Crippen LogP contribution in [-0.2, 0) is 0 Å². The summed E-state index contributed by atoms with van der Waals surface area (Å²) in [6, 6.07) is 5.33. The minimum absolute atomic E-state index is 0.189. The largest absolute Gasteiger partial charge is 0.379 e. The molecule has 0 bridgehead atoms. The molecule has 0 aromatic heterocycles. The highest BCUT2D eigenvalue weighted by Gasteiger charge is 2.12. The predicted octanol–water partition coefficient (Wildman–Crippen LogP) is 4.01. The smallest absolute Gasteiger partial charge is 0.161 e. The molecule has 1 aromatic carbocycles. The van der Waals surface area contributed by atoms with E-state index in [-0.39, 0.29) is 10.5 Å². The highest BCUT2D eigenvalue weighted by molar-refractivity contribution is 9.10. The molecule has 2 nitrogen and oxygen atoms in total. The molecule has 0 spiro atoms. The van der Waals surface area contributed by atoms with E-state index < -0.39 is 5.82 Å². The van der Waals surface area contributed by atoms with Crippen LogP contribution >= 0.6 is 27.7 Å². The average molecular weight is 317 g/mol. The first kappa shape index (κ1) is 14.3. The first-order valence-corrected chi connectivity index (χ1v) is 7.27. The molecule has 0 saturated heterocycles. The zero-order valence-electron chi connectivity index (χ0n) is 9.76. The Morgan fingerprint density at radius 3 is 2.88 bits per heavy atom. The summed E-state index contributed by atoms with van der Waals surface area (Å²) < 4.78 is 14.1. The Morgan fingerprint density at radius 1 is 1.59 bits per heavy atom. The van der Waals surface area contributed by atoms with Crippen LogP contribution in [0.3, 0.4) is 0 Å². The van der Waals surface area contributed by atoms with Crippen molar-refractivity contribution in [3.05, 3.63) is 28.0 Å². The molecule has 17 heavy (non-hydrogen) atoms. The predicted molar refractivity (Wildman–Crippen MR) is 74.9 cm³/mol. The normalized spacial score (nSPS) is 11.9. The first-order valence-electron chi connectivity index (χ1n) is 5.32. The Hall–Kier alpha value is -0.730. The minimum Gasteiger partial charge on any atom is -0.379 e. The van der Waals surface area contributed by atoms with E-state index in [4.69, 9.17) is 5.26 Å². The van der Waals surface area contributed by atoms with Gasteiger partial charge in [0.2, 0.25) is 0 Å². The Balaban J connectivity index is 2.79. The maximum atomic E-state index is 13.9. The van der Waals surface area contributed by atoms with Crippen molar-refractivity contribution in [1.29, 1.82) is 5.26 Å². The summed E-state index contributed by atoms with van der Waals surface area (Å²) in [6.45, 7) is 4.10. The number of hydrogen-bond donors (Lipinski definition) is 1. The van der Waals surface area contributed by atoms with Gasteiger partial charge in [0.05, 0.1) is 15.7 Å². The van der Waals surface area contributed by atoms with Crippen LogP contribution in [0, 0.1) is 17.1 Å². The van der Waals surface area contributed by atoms with Crippen LogP contribution in [0.5, 0.6) is 0 Å². The lowest BCUT2D eigenvalue weighted by molar-refractivity contribution is 0.621. The zero-order valence-corrected chi connectivity index (χ0v) is 12.2. The second-order valence-electron chi connectivity index (χ2n) is 3.61. The Morgan fingerprint density at radius 2 is 2.29 bits per heavy atom. The van der Waals surface area contributed by atoms with Gasteiger partial charge in [-0.2, -0.15) is 17.0 Å². The molecular weight excluding hydrogens is 303 g/mol. The molecule has 1 N–H and O–H groups in total. The zero-order chi connectivity index (χ0) is 12.8. The van der Waals surface area contributed by atoms with Gasteiger partial charge in [-0.1, -0.05) is 6.92 Å². The molecule has 0 saturated carbocycles. The topological polar surface area (TPSA) is 35.8 Å². The van der Waals surface area contributed by atoms with E-state index in [1.165, 1.54) is 0 Å². The number of nitrogens with zero attached hydrogens (tertiary/aromatic N) is 1. The van der Waals surface area contributed by atoms with Crippen molar-refractivity contribution in [1.82, 2.24) is 0 Å². The van der Waals surface area contributed by atoms with E-state index in [2.05, 4.69) is 28.2 Å². The summed E-state index contributed by atoms with van der Waals surface area (Å²) in [6.07, 6.45) is 0. The number of benzene rings is 1. The third-order valence-corrected chi connectivity index (χ3v) is 4.10. The van der Waals surface area contributed by atoms with Crippen molar-refractivity contribution in [3.8, 4) is 6.07 Å². The SMILES string of the molecule is CCSCC(C)Nc1ccc(C#N)c(Br)c1F. The molecule has 0 fully saturated rings. The molecule has 0 aliphatic heterocycles. The quantitative estimate of drug-likeness (QED) is 0.891. The van der Waals surface area contributed by atoms with Crippen molar-refractivity contribution < 1.29 is 4.39 Å². The Bertz CT molecular complexity index is 431. The fourth-order valence-corrected chi connectivity index (χ4v) is 2.46. The molecule has 92 valence electrons. The van der Waals surface area contributed by atoms with E-state index in [9.17, 15) is 4.39 Å². The summed E-state index contributed by atoms with van der Waals surface area (Å²) in [5.41, 5.74) is 0.740. The van der Waals surface area contributed by atoms with Crippen LogP contribution < -0.4 is 5.32 Å². The lowest BCUT2D eigenvalue weighted by Crippen LogP contribution is -2.19. The highest BCUT2D eigenvalue weighted by Crippen LogP contribution is 2.27. The first-order chi connectivity index (χ1) is 8.10. The maximum absolute atomic E-state index is 13.9. The molecule has 1 rings (SSSR count). The van der Waals surface area contributed by atoms with Crippen molar-refractivity contribution in [2.75, 3.05) is 16.8 Å². The van der Waals surface area contributed by atoms with Crippen molar-refractivity contribution in [2.45, 2.75) is 19.9 Å². The number of hydrogen-bond acceptors (Lipinski definition) is 3. The molecule has 0 amide bonds. The van der Waals surface area contributed by atoms with Crippen LogP contribution in [0.4, 0.5) is 10.1 Å². The summed E-state index contributed by atoms with van der Waals surface area (Å²) in [5.74, 6) is 1.57. The summed E-state index contributed by atoms with van der Waals surface area (Å²) in [5, 5.41) is 11.9. The fraction of sp³-hybridized carbons (Fsp3) is 0.417. The van der Waals surface area contributed by atoms with E-state index in [1.54, 1.807) is 23.9 Å². The fourth-order valence-electron chi connectivity index (χ4n) is 1.35. The molecule has 1 aromatic rings. The lowest BCUT2D eigenvalue weighted by Gasteiger charge is -2.15. The Labute approximate surface area is 114 Å². The van der Waals surface area contributed by atoms with Gasteiger partial charge in [-0.15, -0.1) is 0 Å². The average Bonchev–Trinajstić information content (AvgIpc) is 2.33. The van der Waals surface area contributed by atoms with Gasteiger partial charge in [0.25, 0.3) is 0 Å². The third kappa shape index (κ3) is 3.90. The van der Waals surface area contributed by atoms with Gasteiger partial charge in [-0.05, 0) is 40.7 Å². The number of anilines is 1. The summed E-state index contributed by atoms with van der Waals surface area (Å²) in [4.78, 5) is 0. The van der Waals surface area contributed by atoms with Crippen LogP contribution in [0.1, 0.15) is 19.4 Å². The molecule has 1 unspecified atom stereocenters.